The van der Waals surface area contributed by atoms with Gasteiger partial charge in [-0.15, -0.1) is 0 Å². The van der Waals surface area contributed by atoms with Crippen molar-refractivity contribution in [2.45, 2.75) is 32.6 Å². The molecule has 1 aliphatic heterocycles. The van der Waals surface area contributed by atoms with Crippen LogP contribution >= 0.6 is 0 Å². The zero-order valence-corrected chi connectivity index (χ0v) is 12.2. The lowest BCUT2D eigenvalue weighted by atomic mass is 9.97. The molecule has 0 saturated carbocycles. The standard InChI is InChI=1S/C16H24N2O2/c1-2-3-12-20-15-7-5-4-6-14(15)18-16(19)13-8-10-17-11-9-13/h4-7,13,17H,2-3,8-12H2,1H3,(H,18,19). The third-order valence-electron chi connectivity index (χ3n) is 3.61. The molecule has 0 atom stereocenters. The number of hydrogen-bond acceptors (Lipinski definition) is 3. The molecule has 0 spiro atoms. The van der Waals surface area contributed by atoms with Crippen molar-refractivity contribution in [3.63, 3.8) is 0 Å². The number of anilines is 1. The van der Waals surface area contributed by atoms with Gasteiger partial charge in [-0.2, -0.15) is 0 Å². The van der Waals surface area contributed by atoms with Gasteiger partial charge < -0.3 is 15.4 Å². The van der Waals surface area contributed by atoms with Crippen LogP contribution < -0.4 is 15.4 Å². The normalized spacial score (nSPS) is 15.8. The van der Waals surface area contributed by atoms with Crippen molar-refractivity contribution in [2.75, 3.05) is 25.0 Å². The van der Waals surface area contributed by atoms with Crippen LogP contribution in [0, 0.1) is 5.92 Å². The van der Waals surface area contributed by atoms with Crippen LogP contribution in [-0.2, 0) is 4.79 Å². The maximum atomic E-state index is 12.3. The zero-order chi connectivity index (χ0) is 14.2. The molecule has 110 valence electrons. The molecule has 4 nitrogen and oxygen atoms in total. The number of carbonyl (C=O) groups excluding carboxylic acids is 1. The Labute approximate surface area is 120 Å². The highest BCUT2D eigenvalue weighted by molar-refractivity contribution is 5.94. The van der Waals surface area contributed by atoms with E-state index < -0.39 is 0 Å². The number of unbranched alkanes of at least 4 members (excludes halogenated alkanes) is 1. The van der Waals surface area contributed by atoms with E-state index >= 15 is 0 Å². The monoisotopic (exact) mass is 276 g/mol. The highest BCUT2D eigenvalue weighted by Crippen LogP contribution is 2.25. The summed E-state index contributed by atoms with van der Waals surface area (Å²) in [5.41, 5.74) is 0.784. The van der Waals surface area contributed by atoms with E-state index in [0.717, 1.165) is 50.2 Å². The summed E-state index contributed by atoms with van der Waals surface area (Å²) in [6.07, 6.45) is 3.94. The number of rotatable bonds is 6. The lowest BCUT2D eigenvalue weighted by Crippen LogP contribution is -2.34. The van der Waals surface area contributed by atoms with Gasteiger partial charge in [0.2, 0.25) is 5.91 Å². The van der Waals surface area contributed by atoms with E-state index in [1.807, 2.05) is 24.3 Å². The number of piperidine rings is 1. The summed E-state index contributed by atoms with van der Waals surface area (Å²) in [7, 11) is 0. The fourth-order valence-corrected chi connectivity index (χ4v) is 2.34. The fraction of sp³-hybridized carbons (Fsp3) is 0.562. The van der Waals surface area contributed by atoms with Crippen LogP contribution in [0.3, 0.4) is 0 Å². The van der Waals surface area contributed by atoms with Crippen molar-refractivity contribution in [1.29, 1.82) is 0 Å². The van der Waals surface area contributed by atoms with E-state index in [1.54, 1.807) is 0 Å². The molecule has 1 saturated heterocycles. The van der Waals surface area contributed by atoms with Crippen LogP contribution in [-0.4, -0.2) is 25.6 Å². The number of nitrogens with one attached hydrogen (secondary N) is 2. The van der Waals surface area contributed by atoms with E-state index in [9.17, 15) is 4.79 Å². The molecule has 2 N–H and O–H groups in total. The number of benzene rings is 1. The highest BCUT2D eigenvalue weighted by Gasteiger charge is 2.21. The fourth-order valence-electron chi connectivity index (χ4n) is 2.34. The minimum Gasteiger partial charge on any atom is -0.491 e. The summed E-state index contributed by atoms with van der Waals surface area (Å²) in [6.45, 7) is 4.67. The molecule has 0 bridgehead atoms. The van der Waals surface area contributed by atoms with E-state index in [2.05, 4.69) is 17.6 Å². The van der Waals surface area contributed by atoms with Gasteiger partial charge >= 0.3 is 0 Å². The van der Waals surface area contributed by atoms with Crippen molar-refractivity contribution in [3.8, 4) is 5.75 Å². The van der Waals surface area contributed by atoms with Crippen LogP contribution in [0.1, 0.15) is 32.6 Å². The molecule has 1 aromatic rings. The third kappa shape index (κ3) is 4.23. The molecule has 0 aromatic heterocycles. The Hall–Kier alpha value is -1.55. The van der Waals surface area contributed by atoms with E-state index in [1.165, 1.54) is 0 Å². The first-order valence-corrected chi connectivity index (χ1v) is 7.54. The minimum atomic E-state index is 0.109. The molecule has 1 aromatic carbocycles. The maximum absolute atomic E-state index is 12.3. The number of carbonyl (C=O) groups is 1. The summed E-state index contributed by atoms with van der Waals surface area (Å²) in [6, 6.07) is 7.67. The van der Waals surface area contributed by atoms with Crippen LogP contribution in [0.2, 0.25) is 0 Å². The molecule has 1 amide bonds. The van der Waals surface area contributed by atoms with Gasteiger partial charge in [0.1, 0.15) is 5.75 Å². The van der Waals surface area contributed by atoms with Crippen molar-refractivity contribution < 1.29 is 9.53 Å². The van der Waals surface area contributed by atoms with Gasteiger partial charge in [-0.3, -0.25) is 4.79 Å². The third-order valence-corrected chi connectivity index (χ3v) is 3.61. The second kappa shape index (κ2) is 7.90. The maximum Gasteiger partial charge on any atom is 0.227 e. The lowest BCUT2D eigenvalue weighted by molar-refractivity contribution is -0.120. The van der Waals surface area contributed by atoms with Crippen LogP contribution in [0.4, 0.5) is 5.69 Å². The van der Waals surface area contributed by atoms with E-state index in [4.69, 9.17) is 4.74 Å². The smallest absolute Gasteiger partial charge is 0.227 e. The molecule has 0 aliphatic carbocycles. The van der Waals surface area contributed by atoms with Crippen LogP contribution in [0.25, 0.3) is 0 Å². The Morgan fingerprint density at radius 3 is 2.85 bits per heavy atom. The molecule has 1 heterocycles. The van der Waals surface area contributed by atoms with Gasteiger partial charge in [0.15, 0.2) is 0 Å². The Kier molecular flexibility index (Phi) is 5.87. The number of amides is 1. The quantitative estimate of drug-likeness (QED) is 0.786. The molecule has 0 radical (unpaired) electrons. The second-order valence-electron chi connectivity index (χ2n) is 5.21. The summed E-state index contributed by atoms with van der Waals surface area (Å²) in [5.74, 6) is 0.987. The first-order chi connectivity index (χ1) is 9.81. The lowest BCUT2D eigenvalue weighted by Gasteiger charge is -2.22. The predicted octanol–water partition coefficient (Wildman–Crippen LogP) is 2.80. The first kappa shape index (κ1) is 14.9. The minimum absolute atomic E-state index is 0.109. The van der Waals surface area contributed by atoms with Crippen molar-refractivity contribution >= 4 is 11.6 Å². The Morgan fingerprint density at radius 2 is 2.10 bits per heavy atom. The summed E-state index contributed by atoms with van der Waals surface area (Å²) < 4.78 is 5.74. The number of para-hydroxylation sites is 2. The van der Waals surface area contributed by atoms with Gasteiger partial charge in [-0.05, 0) is 44.5 Å². The van der Waals surface area contributed by atoms with Gasteiger partial charge in [0, 0.05) is 5.92 Å². The zero-order valence-electron chi connectivity index (χ0n) is 12.2. The second-order valence-corrected chi connectivity index (χ2v) is 5.21. The molecular formula is C16H24N2O2. The molecule has 0 unspecified atom stereocenters. The van der Waals surface area contributed by atoms with Crippen molar-refractivity contribution in [1.82, 2.24) is 5.32 Å². The molecule has 2 rings (SSSR count). The van der Waals surface area contributed by atoms with E-state index in [0.29, 0.717) is 6.61 Å². The van der Waals surface area contributed by atoms with Crippen molar-refractivity contribution in [3.05, 3.63) is 24.3 Å². The Balaban J connectivity index is 1.95. The Morgan fingerprint density at radius 1 is 1.35 bits per heavy atom. The van der Waals surface area contributed by atoms with Gasteiger partial charge in [-0.25, -0.2) is 0 Å². The molecule has 4 heteroatoms. The number of hydrogen-bond donors (Lipinski definition) is 2. The highest BCUT2D eigenvalue weighted by atomic mass is 16.5. The average molecular weight is 276 g/mol. The molecule has 1 aliphatic rings. The Bertz CT molecular complexity index is 428. The van der Waals surface area contributed by atoms with Crippen LogP contribution in [0.5, 0.6) is 5.75 Å². The largest absolute Gasteiger partial charge is 0.491 e. The van der Waals surface area contributed by atoms with Gasteiger partial charge in [0.25, 0.3) is 0 Å². The summed E-state index contributed by atoms with van der Waals surface area (Å²) in [4.78, 5) is 12.3. The first-order valence-electron chi connectivity index (χ1n) is 7.54. The number of ether oxygens (including phenoxy) is 1. The van der Waals surface area contributed by atoms with Crippen molar-refractivity contribution in [2.24, 2.45) is 5.92 Å². The van der Waals surface area contributed by atoms with Gasteiger partial charge in [0.05, 0.1) is 12.3 Å². The predicted molar refractivity (Wildman–Crippen MR) is 81.1 cm³/mol. The van der Waals surface area contributed by atoms with Gasteiger partial charge in [-0.1, -0.05) is 25.5 Å². The molecule has 1 fully saturated rings. The summed E-state index contributed by atoms with van der Waals surface area (Å²) >= 11 is 0. The molecular weight excluding hydrogens is 252 g/mol. The average Bonchev–Trinajstić information content (AvgIpc) is 2.50. The topological polar surface area (TPSA) is 50.4 Å². The SMILES string of the molecule is CCCCOc1ccccc1NC(=O)C1CCNCC1. The van der Waals surface area contributed by atoms with Crippen LogP contribution in [0.15, 0.2) is 24.3 Å². The van der Waals surface area contributed by atoms with E-state index in [-0.39, 0.29) is 11.8 Å². The summed E-state index contributed by atoms with van der Waals surface area (Å²) in [5, 5.41) is 6.29. The molecule has 20 heavy (non-hydrogen) atoms.